The highest BCUT2D eigenvalue weighted by Crippen LogP contribution is 2.46. The van der Waals surface area contributed by atoms with Crippen LogP contribution in [0.15, 0.2) is 24.3 Å². The molecule has 0 aliphatic heterocycles. The van der Waals surface area contributed by atoms with Gasteiger partial charge in [0.2, 0.25) is 0 Å². The summed E-state index contributed by atoms with van der Waals surface area (Å²) in [6, 6.07) is 0. The van der Waals surface area contributed by atoms with Crippen LogP contribution in [0.5, 0.6) is 0 Å². The third-order valence-corrected chi connectivity index (χ3v) is 6.21. The van der Waals surface area contributed by atoms with E-state index in [2.05, 4.69) is 31.2 Å². The van der Waals surface area contributed by atoms with E-state index in [1.54, 1.807) is 0 Å². The van der Waals surface area contributed by atoms with Crippen molar-refractivity contribution in [2.75, 3.05) is 14.2 Å². The van der Waals surface area contributed by atoms with Gasteiger partial charge in [-0.05, 0) is 25.2 Å². The maximum Gasteiger partial charge on any atom is 0.180 e. The Kier molecular flexibility index (Phi) is 8.55. The molecule has 2 rings (SSSR count). The first kappa shape index (κ1) is 19.7. The zero-order chi connectivity index (χ0) is 17.3. The molecule has 0 spiro atoms. The van der Waals surface area contributed by atoms with Crippen molar-refractivity contribution in [2.45, 2.75) is 83.3 Å². The molecular formula is C22H38O2. The fraction of sp³-hybridized carbons (Fsp3) is 0.818. The van der Waals surface area contributed by atoms with Crippen LogP contribution in [-0.4, -0.2) is 20.0 Å². The molecule has 2 nitrogen and oxygen atoms in total. The van der Waals surface area contributed by atoms with Crippen molar-refractivity contribution in [3.63, 3.8) is 0 Å². The SMILES string of the molecule is CCCCCCCCC(C1CCCC1)C(OC)(OC)C1C=CC=C1. The molecule has 0 aromatic carbocycles. The topological polar surface area (TPSA) is 18.5 Å². The molecule has 1 saturated carbocycles. The molecule has 2 aliphatic rings. The van der Waals surface area contributed by atoms with E-state index in [-0.39, 0.29) is 5.92 Å². The second kappa shape index (κ2) is 10.4. The zero-order valence-electron chi connectivity index (χ0n) is 16.1. The Morgan fingerprint density at radius 3 is 2.08 bits per heavy atom. The van der Waals surface area contributed by atoms with E-state index in [1.165, 1.54) is 70.6 Å². The largest absolute Gasteiger partial charge is 0.352 e. The molecule has 0 amide bonds. The molecule has 1 atom stereocenters. The molecule has 0 bridgehead atoms. The van der Waals surface area contributed by atoms with Crippen molar-refractivity contribution in [3.8, 4) is 0 Å². The molecule has 2 aliphatic carbocycles. The Hall–Kier alpha value is -0.600. The summed E-state index contributed by atoms with van der Waals surface area (Å²) >= 11 is 0. The van der Waals surface area contributed by atoms with E-state index >= 15 is 0 Å². The molecule has 2 heteroatoms. The zero-order valence-corrected chi connectivity index (χ0v) is 16.1. The fourth-order valence-electron chi connectivity index (χ4n) is 4.88. The first-order valence-electron chi connectivity index (χ1n) is 10.2. The Labute approximate surface area is 149 Å². The minimum Gasteiger partial charge on any atom is -0.352 e. The highest BCUT2D eigenvalue weighted by atomic mass is 16.7. The molecular weight excluding hydrogens is 296 g/mol. The highest BCUT2D eigenvalue weighted by molar-refractivity contribution is 5.21. The summed E-state index contributed by atoms with van der Waals surface area (Å²) in [6.45, 7) is 2.28. The number of hydrogen-bond donors (Lipinski definition) is 0. The summed E-state index contributed by atoms with van der Waals surface area (Å²) in [6.07, 6.45) is 23.5. The molecule has 24 heavy (non-hydrogen) atoms. The van der Waals surface area contributed by atoms with Gasteiger partial charge in [0.05, 0.1) is 0 Å². The molecule has 0 heterocycles. The predicted molar refractivity (Wildman–Crippen MR) is 102 cm³/mol. The summed E-state index contributed by atoms with van der Waals surface area (Å²) in [5, 5.41) is 0. The van der Waals surface area contributed by atoms with Crippen LogP contribution < -0.4 is 0 Å². The molecule has 0 aromatic rings. The standard InChI is InChI=1S/C22H38O2/c1-4-5-6-7-8-9-18-21(19-14-10-11-15-19)22(23-2,24-3)20-16-12-13-17-20/h12-13,16-17,19-21H,4-11,14-15,18H2,1-3H3. The van der Waals surface area contributed by atoms with Gasteiger partial charge < -0.3 is 9.47 Å². The van der Waals surface area contributed by atoms with Gasteiger partial charge in [0.25, 0.3) is 0 Å². The smallest absolute Gasteiger partial charge is 0.180 e. The van der Waals surface area contributed by atoms with Crippen LogP contribution in [0.25, 0.3) is 0 Å². The van der Waals surface area contributed by atoms with E-state index in [9.17, 15) is 0 Å². The number of allylic oxidation sites excluding steroid dienone is 2. The average molecular weight is 335 g/mol. The highest BCUT2D eigenvalue weighted by Gasteiger charge is 2.48. The van der Waals surface area contributed by atoms with Crippen molar-refractivity contribution in [3.05, 3.63) is 24.3 Å². The molecule has 0 saturated heterocycles. The van der Waals surface area contributed by atoms with Gasteiger partial charge >= 0.3 is 0 Å². The monoisotopic (exact) mass is 334 g/mol. The van der Waals surface area contributed by atoms with E-state index in [1.807, 2.05) is 14.2 Å². The van der Waals surface area contributed by atoms with Crippen molar-refractivity contribution < 1.29 is 9.47 Å². The number of ether oxygens (including phenoxy) is 2. The van der Waals surface area contributed by atoms with Crippen LogP contribution in [0.4, 0.5) is 0 Å². The lowest BCUT2D eigenvalue weighted by molar-refractivity contribution is -0.265. The molecule has 1 unspecified atom stereocenters. The van der Waals surface area contributed by atoms with Crippen LogP contribution in [0.3, 0.4) is 0 Å². The summed E-state index contributed by atoms with van der Waals surface area (Å²) in [5.74, 6) is 1.02. The van der Waals surface area contributed by atoms with Crippen molar-refractivity contribution in [2.24, 2.45) is 17.8 Å². The van der Waals surface area contributed by atoms with Gasteiger partial charge in [-0.3, -0.25) is 0 Å². The van der Waals surface area contributed by atoms with Crippen LogP contribution in [0, 0.1) is 17.8 Å². The number of methoxy groups -OCH3 is 2. The second-order valence-corrected chi connectivity index (χ2v) is 7.63. The fourth-order valence-corrected chi connectivity index (χ4v) is 4.88. The molecule has 0 N–H and O–H groups in total. The van der Waals surface area contributed by atoms with Gasteiger partial charge in [0.15, 0.2) is 5.79 Å². The Morgan fingerprint density at radius 2 is 1.50 bits per heavy atom. The van der Waals surface area contributed by atoms with Gasteiger partial charge in [0.1, 0.15) is 0 Å². The minimum absolute atomic E-state index is 0.248. The van der Waals surface area contributed by atoms with Crippen molar-refractivity contribution in [1.82, 2.24) is 0 Å². The predicted octanol–water partition coefficient (Wildman–Crippen LogP) is 6.27. The lowest BCUT2D eigenvalue weighted by Gasteiger charge is -2.44. The summed E-state index contributed by atoms with van der Waals surface area (Å²) in [4.78, 5) is 0. The maximum atomic E-state index is 6.12. The normalized spacial score (nSPS) is 20.3. The van der Waals surface area contributed by atoms with E-state index in [4.69, 9.17) is 9.47 Å². The van der Waals surface area contributed by atoms with Crippen LogP contribution in [0.1, 0.15) is 77.6 Å². The van der Waals surface area contributed by atoms with Gasteiger partial charge in [0, 0.05) is 26.1 Å². The number of hydrogen-bond acceptors (Lipinski definition) is 2. The number of unbranched alkanes of at least 4 members (excludes halogenated alkanes) is 5. The first-order valence-corrected chi connectivity index (χ1v) is 10.2. The molecule has 0 aromatic heterocycles. The Bertz CT molecular complexity index is 377. The summed E-state index contributed by atoms with van der Waals surface area (Å²) < 4.78 is 12.2. The summed E-state index contributed by atoms with van der Waals surface area (Å²) in [5.41, 5.74) is 0. The van der Waals surface area contributed by atoms with Gasteiger partial charge in [-0.1, -0.05) is 82.6 Å². The quantitative estimate of drug-likeness (QED) is 0.309. The Morgan fingerprint density at radius 1 is 0.917 bits per heavy atom. The first-order chi connectivity index (χ1) is 11.8. The van der Waals surface area contributed by atoms with E-state index in [0.717, 1.165) is 5.92 Å². The van der Waals surface area contributed by atoms with Gasteiger partial charge in [-0.25, -0.2) is 0 Å². The lowest BCUT2D eigenvalue weighted by atomic mass is 9.75. The summed E-state index contributed by atoms with van der Waals surface area (Å²) in [7, 11) is 3.68. The van der Waals surface area contributed by atoms with Gasteiger partial charge in [-0.15, -0.1) is 0 Å². The van der Waals surface area contributed by atoms with Crippen molar-refractivity contribution >= 4 is 0 Å². The molecule has 0 radical (unpaired) electrons. The van der Waals surface area contributed by atoms with Gasteiger partial charge in [-0.2, -0.15) is 0 Å². The Balaban J connectivity index is 2.02. The minimum atomic E-state index is -0.484. The average Bonchev–Trinajstić information content (AvgIpc) is 3.31. The molecule has 138 valence electrons. The third-order valence-electron chi connectivity index (χ3n) is 6.21. The van der Waals surface area contributed by atoms with Crippen molar-refractivity contribution in [1.29, 1.82) is 0 Å². The molecule has 1 fully saturated rings. The maximum absolute atomic E-state index is 6.12. The lowest BCUT2D eigenvalue weighted by Crippen LogP contribution is -2.49. The number of rotatable bonds is 12. The third kappa shape index (κ3) is 4.73. The van der Waals surface area contributed by atoms with Crippen LogP contribution in [0.2, 0.25) is 0 Å². The van der Waals surface area contributed by atoms with Crippen LogP contribution >= 0.6 is 0 Å². The second-order valence-electron chi connectivity index (χ2n) is 7.63. The van der Waals surface area contributed by atoms with E-state index in [0.29, 0.717) is 5.92 Å². The van der Waals surface area contributed by atoms with Crippen LogP contribution in [-0.2, 0) is 9.47 Å². The van der Waals surface area contributed by atoms with E-state index < -0.39 is 5.79 Å².